The molecule has 0 heterocycles. The molecule has 0 radical (unpaired) electrons. The van der Waals surface area contributed by atoms with E-state index < -0.39 is 0 Å². The average molecular weight is 297 g/mol. The van der Waals surface area contributed by atoms with Gasteiger partial charge in [0.05, 0.1) is 0 Å². The predicted molar refractivity (Wildman–Crippen MR) is 89.7 cm³/mol. The fourth-order valence-corrected chi connectivity index (χ4v) is 2.51. The van der Waals surface area contributed by atoms with Gasteiger partial charge in [-0.1, -0.05) is 36.4 Å². The molecule has 116 valence electrons. The summed E-state index contributed by atoms with van der Waals surface area (Å²) in [6.45, 7) is -0.383. The molecule has 3 nitrogen and oxygen atoms in total. The van der Waals surface area contributed by atoms with Crippen molar-refractivity contribution in [2.75, 3.05) is 12.3 Å². The molecule has 0 aromatic heterocycles. The Hall–Kier alpha value is -2.13. The maximum atomic E-state index is 11.2. The average Bonchev–Trinajstić information content (AvgIpc) is 2.53. The smallest absolute Gasteiger partial charge is 0.162 e. The zero-order valence-corrected chi connectivity index (χ0v) is 12.8. The highest BCUT2D eigenvalue weighted by molar-refractivity contribution is 5.81. The molecule has 3 N–H and O–H groups in total. The fourth-order valence-electron chi connectivity index (χ4n) is 2.51. The van der Waals surface area contributed by atoms with Crippen molar-refractivity contribution in [2.45, 2.75) is 32.1 Å². The van der Waals surface area contributed by atoms with Gasteiger partial charge in [0, 0.05) is 12.1 Å². The summed E-state index contributed by atoms with van der Waals surface area (Å²) in [4.78, 5) is 11.2. The van der Waals surface area contributed by atoms with E-state index >= 15 is 0 Å². The third kappa shape index (κ3) is 5.34. The van der Waals surface area contributed by atoms with Crippen LogP contribution < -0.4 is 5.73 Å². The fraction of sp³-hybridized carbons (Fsp3) is 0.316. The van der Waals surface area contributed by atoms with Crippen LogP contribution in [-0.4, -0.2) is 17.5 Å². The minimum absolute atomic E-state index is 0.144. The lowest BCUT2D eigenvalue weighted by atomic mass is 10.0. The Labute approximate surface area is 131 Å². The molecule has 2 aromatic carbocycles. The lowest BCUT2D eigenvalue weighted by Crippen LogP contribution is -2.07. The van der Waals surface area contributed by atoms with E-state index in [9.17, 15) is 4.79 Å². The number of ketones is 1. The molecule has 0 spiro atoms. The van der Waals surface area contributed by atoms with Crippen LogP contribution in [0.25, 0.3) is 0 Å². The lowest BCUT2D eigenvalue weighted by Gasteiger charge is -2.05. The van der Waals surface area contributed by atoms with Gasteiger partial charge in [-0.2, -0.15) is 0 Å². The summed E-state index contributed by atoms with van der Waals surface area (Å²) < 4.78 is 0. The van der Waals surface area contributed by atoms with Crippen LogP contribution in [0.4, 0.5) is 5.69 Å². The molecule has 0 atom stereocenters. The van der Waals surface area contributed by atoms with Gasteiger partial charge >= 0.3 is 0 Å². The maximum absolute atomic E-state index is 11.2. The van der Waals surface area contributed by atoms with E-state index in [2.05, 4.69) is 18.2 Å². The van der Waals surface area contributed by atoms with Crippen LogP contribution in [0.1, 0.15) is 29.5 Å². The van der Waals surface area contributed by atoms with E-state index in [4.69, 9.17) is 10.8 Å². The number of aliphatic hydroxyl groups excluding tert-OH is 1. The molecule has 0 saturated carbocycles. The van der Waals surface area contributed by atoms with Gasteiger partial charge in [-0.05, 0) is 54.5 Å². The first-order valence-corrected chi connectivity index (χ1v) is 7.72. The number of rotatable bonds is 8. The highest BCUT2D eigenvalue weighted by atomic mass is 16.3. The predicted octanol–water partition coefficient (Wildman–Crippen LogP) is 2.94. The molecule has 22 heavy (non-hydrogen) atoms. The molecule has 0 aliphatic rings. The third-order valence-electron chi connectivity index (χ3n) is 3.73. The van der Waals surface area contributed by atoms with Crippen LogP contribution in [0.5, 0.6) is 0 Å². The summed E-state index contributed by atoms with van der Waals surface area (Å²) >= 11 is 0. The Morgan fingerprint density at radius 1 is 0.909 bits per heavy atom. The van der Waals surface area contributed by atoms with Crippen LogP contribution in [0.3, 0.4) is 0 Å². The zero-order valence-electron chi connectivity index (χ0n) is 12.8. The lowest BCUT2D eigenvalue weighted by molar-refractivity contribution is -0.121. The van der Waals surface area contributed by atoms with Crippen LogP contribution in [0.15, 0.2) is 48.5 Å². The van der Waals surface area contributed by atoms with Crippen molar-refractivity contribution in [3.05, 3.63) is 65.2 Å². The van der Waals surface area contributed by atoms with Gasteiger partial charge in [0.15, 0.2) is 5.78 Å². The van der Waals surface area contributed by atoms with Crippen LogP contribution in [0, 0.1) is 0 Å². The van der Waals surface area contributed by atoms with Gasteiger partial charge in [-0.3, -0.25) is 4.79 Å². The molecular weight excluding hydrogens is 274 g/mol. The Morgan fingerprint density at radius 3 is 2.18 bits per heavy atom. The molecule has 2 aromatic rings. The first-order valence-electron chi connectivity index (χ1n) is 7.72. The maximum Gasteiger partial charge on any atom is 0.162 e. The Morgan fingerprint density at radius 2 is 1.55 bits per heavy atom. The molecule has 0 bridgehead atoms. The molecular formula is C19H23NO2. The minimum atomic E-state index is -0.383. The number of anilines is 1. The molecule has 3 heteroatoms. The third-order valence-corrected chi connectivity index (χ3v) is 3.73. The number of Topliss-reactive ketones (excluding diaryl/α,β-unsaturated/α-hetero) is 1. The summed E-state index contributed by atoms with van der Waals surface area (Å²) in [5, 5.41) is 8.75. The first-order chi connectivity index (χ1) is 10.7. The summed E-state index contributed by atoms with van der Waals surface area (Å²) in [5.41, 5.74) is 10.1. The van der Waals surface area contributed by atoms with E-state index in [1.54, 1.807) is 0 Å². The molecule has 2 rings (SSSR count). The van der Waals surface area contributed by atoms with Crippen LogP contribution in [0.2, 0.25) is 0 Å². The number of hydrogen-bond donors (Lipinski definition) is 2. The van der Waals surface area contributed by atoms with Crippen molar-refractivity contribution < 1.29 is 9.90 Å². The largest absolute Gasteiger partial charge is 0.399 e. The van der Waals surface area contributed by atoms with Crippen molar-refractivity contribution in [2.24, 2.45) is 0 Å². The quantitative estimate of drug-likeness (QED) is 0.581. The van der Waals surface area contributed by atoms with E-state index in [-0.39, 0.29) is 12.4 Å². The van der Waals surface area contributed by atoms with Crippen molar-refractivity contribution in [3.63, 3.8) is 0 Å². The number of nitrogens with two attached hydrogens (primary N) is 1. The number of hydrogen-bond acceptors (Lipinski definition) is 3. The summed E-state index contributed by atoms with van der Waals surface area (Å²) in [6, 6.07) is 16.1. The Balaban J connectivity index is 1.74. The normalized spacial score (nSPS) is 10.6. The van der Waals surface area contributed by atoms with Crippen molar-refractivity contribution in [1.82, 2.24) is 0 Å². The molecule has 0 amide bonds. The second-order valence-corrected chi connectivity index (χ2v) is 5.64. The summed E-state index contributed by atoms with van der Waals surface area (Å²) in [5.74, 6) is -0.144. The number of carbonyl (C=O) groups is 1. The highest BCUT2D eigenvalue weighted by Crippen LogP contribution is 2.13. The Kier molecular flexibility index (Phi) is 6.16. The zero-order chi connectivity index (χ0) is 15.8. The van der Waals surface area contributed by atoms with Gasteiger partial charge in [-0.15, -0.1) is 0 Å². The van der Waals surface area contributed by atoms with Gasteiger partial charge in [0.1, 0.15) is 6.61 Å². The van der Waals surface area contributed by atoms with E-state index in [1.807, 2.05) is 30.3 Å². The van der Waals surface area contributed by atoms with E-state index in [0.717, 1.165) is 36.9 Å². The first kappa shape index (κ1) is 16.2. The van der Waals surface area contributed by atoms with Crippen molar-refractivity contribution in [1.29, 1.82) is 0 Å². The number of aryl methyl sites for hydroxylation is 2. The molecule has 0 saturated heterocycles. The van der Waals surface area contributed by atoms with E-state index in [1.165, 1.54) is 11.1 Å². The SMILES string of the molecule is Nc1cccc(CCCCc2ccc(CC(=O)CO)cc2)c1. The van der Waals surface area contributed by atoms with E-state index in [0.29, 0.717) is 6.42 Å². The second kappa shape index (κ2) is 8.35. The number of nitrogen functional groups attached to an aromatic ring is 1. The van der Waals surface area contributed by atoms with Gasteiger partial charge in [0.2, 0.25) is 0 Å². The highest BCUT2D eigenvalue weighted by Gasteiger charge is 2.02. The molecule has 0 aliphatic heterocycles. The summed E-state index contributed by atoms with van der Waals surface area (Å²) in [7, 11) is 0. The topological polar surface area (TPSA) is 63.3 Å². The monoisotopic (exact) mass is 297 g/mol. The summed E-state index contributed by atoms with van der Waals surface area (Å²) in [6.07, 6.45) is 4.66. The molecule has 0 fully saturated rings. The minimum Gasteiger partial charge on any atom is -0.399 e. The number of benzene rings is 2. The van der Waals surface area contributed by atoms with Gasteiger partial charge in [0.25, 0.3) is 0 Å². The van der Waals surface area contributed by atoms with Crippen molar-refractivity contribution >= 4 is 11.5 Å². The van der Waals surface area contributed by atoms with Gasteiger partial charge < -0.3 is 10.8 Å². The Bertz CT molecular complexity index is 605. The molecule has 0 unspecified atom stereocenters. The van der Waals surface area contributed by atoms with Crippen molar-refractivity contribution in [3.8, 4) is 0 Å². The number of carbonyl (C=O) groups excluding carboxylic acids is 1. The molecule has 0 aliphatic carbocycles. The van der Waals surface area contributed by atoms with Crippen LogP contribution in [-0.2, 0) is 24.1 Å². The standard InChI is InChI=1S/C19H23NO2/c20-18-7-3-6-16(12-18)5-2-1-4-15-8-10-17(11-9-15)13-19(22)14-21/h3,6-12,21H,1-2,4-5,13-14,20H2. The number of aliphatic hydroxyl groups is 1. The second-order valence-electron chi connectivity index (χ2n) is 5.64. The number of unbranched alkanes of at least 4 members (excludes halogenated alkanes) is 1. The van der Waals surface area contributed by atoms with Gasteiger partial charge in [-0.25, -0.2) is 0 Å². The van der Waals surface area contributed by atoms with Crippen LogP contribution >= 0.6 is 0 Å².